The van der Waals surface area contributed by atoms with Crippen molar-refractivity contribution in [1.29, 1.82) is 0 Å². The minimum atomic E-state index is -3.34. The lowest BCUT2D eigenvalue weighted by atomic mass is 10.4. The largest absolute Gasteiger partial charge is 0.324 e. The van der Waals surface area contributed by atoms with Crippen LogP contribution in [0.25, 0.3) is 0 Å². The lowest BCUT2D eigenvalue weighted by Crippen LogP contribution is -2.31. The molecule has 0 heterocycles. The molecule has 16 heavy (non-hydrogen) atoms. The van der Waals surface area contributed by atoms with E-state index in [1.165, 1.54) is 6.07 Å². The van der Waals surface area contributed by atoms with Gasteiger partial charge in [-0.2, -0.15) is 0 Å². The van der Waals surface area contributed by atoms with Crippen molar-refractivity contribution in [1.82, 2.24) is 0 Å². The Morgan fingerprint density at radius 3 is 2.38 bits per heavy atom. The van der Waals surface area contributed by atoms with Crippen molar-refractivity contribution in [3.05, 3.63) is 29.3 Å². The number of hydrogen-bond acceptors (Lipinski definition) is 3. The third-order valence-electron chi connectivity index (χ3n) is 2.54. The van der Waals surface area contributed by atoms with Crippen molar-refractivity contribution in [3.63, 3.8) is 0 Å². The van der Waals surface area contributed by atoms with Gasteiger partial charge in [-0.05, 0) is 25.0 Å². The van der Waals surface area contributed by atoms with E-state index < -0.39 is 15.4 Å². The molecule has 1 fully saturated rings. The van der Waals surface area contributed by atoms with Gasteiger partial charge in [-0.1, -0.05) is 23.7 Å². The van der Waals surface area contributed by atoms with Crippen LogP contribution < -0.4 is 5.73 Å². The van der Waals surface area contributed by atoms with Crippen LogP contribution in [0, 0.1) is 0 Å². The molecule has 1 aromatic carbocycles. The van der Waals surface area contributed by atoms with Crippen molar-refractivity contribution in [3.8, 4) is 0 Å². The summed E-state index contributed by atoms with van der Waals surface area (Å²) in [4.78, 5) is 0.184. The van der Waals surface area contributed by atoms with Crippen LogP contribution in [0.1, 0.15) is 12.8 Å². The van der Waals surface area contributed by atoms with E-state index in [0.717, 1.165) is 12.8 Å². The third-order valence-corrected chi connectivity index (χ3v) is 4.96. The highest BCUT2D eigenvalue weighted by Gasteiger charge is 2.43. The smallest absolute Gasteiger partial charge is 0.181 e. The number of rotatable bonds is 3. The Morgan fingerprint density at radius 1 is 1.31 bits per heavy atom. The fourth-order valence-corrected chi connectivity index (χ4v) is 3.80. The van der Waals surface area contributed by atoms with Gasteiger partial charge in [0.1, 0.15) is 0 Å². The van der Waals surface area contributed by atoms with Crippen LogP contribution in [0.15, 0.2) is 29.2 Å². The molecule has 0 atom stereocenters. The van der Waals surface area contributed by atoms with Gasteiger partial charge in [0.05, 0.1) is 15.7 Å². The fraction of sp³-hybridized carbons (Fsp3) is 0.400. The van der Waals surface area contributed by atoms with Crippen LogP contribution in [0.3, 0.4) is 0 Å². The summed E-state index contributed by atoms with van der Waals surface area (Å²) >= 11 is 5.84. The Balaban J connectivity index is 0.00000128. The second kappa shape index (κ2) is 4.53. The first-order chi connectivity index (χ1) is 6.93. The first kappa shape index (κ1) is 13.8. The van der Waals surface area contributed by atoms with Gasteiger partial charge in [-0.3, -0.25) is 0 Å². The zero-order valence-corrected chi connectivity index (χ0v) is 10.9. The Kier molecular flexibility index (Phi) is 3.90. The summed E-state index contributed by atoms with van der Waals surface area (Å²) < 4.78 is 23.9. The monoisotopic (exact) mass is 281 g/mol. The summed E-state index contributed by atoms with van der Waals surface area (Å²) in [7, 11) is -3.34. The second-order valence-corrected chi connectivity index (χ2v) is 6.42. The van der Waals surface area contributed by atoms with Crippen LogP contribution >= 0.6 is 24.0 Å². The molecule has 0 amide bonds. The molecule has 1 aromatic rings. The predicted molar refractivity (Wildman–Crippen MR) is 66.9 cm³/mol. The van der Waals surface area contributed by atoms with E-state index in [2.05, 4.69) is 0 Å². The van der Waals surface area contributed by atoms with Gasteiger partial charge in [-0.25, -0.2) is 8.42 Å². The topological polar surface area (TPSA) is 60.2 Å². The highest BCUT2D eigenvalue weighted by atomic mass is 35.5. The lowest BCUT2D eigenvalue weighted by molar-refractivity contribution is 0.585. The molecule has 2 N–H and O–H groups in total. The average Bonchev–Trinajstić information content (AvgIpc) is 2.82. The summed E-state index contributed by atoms with van der Waals surface area (Å²) in [6.07, 6.45) is 1.55. The van der Waals surface area contributed by atoms with Gasteiger partial charge in [-0.15, -0.1) is 12.4 Å². The van der Waals surface area contributed by atoms with E-state index in [-0.39, 0.29) is 28.1 Å². The summed E-state index contributed by atoms with van der Waals surface area (Å²) in [5.74, 6) is -0.0102. The number of benzene rings is 1. The number of sulfone groups is 1. The quantitative estimate of drug-likeness (QED) is 0.922. The molecule has 0 spiro atoms. The first-order valence-electron chi connectivity index (χ1n) is 4.69. The van der Waals surface area contributed by atoms with E-state index >= 15 is 0 Å². The van der Waals surface area contributed by atoms with Crippen molar-refractivity contribution in [2.24, 2.45) is 5.73 Å². The van der Waals surface area contributed by atoms with Crippen LogP contribution in [0.5, 0.6) is 0 Å². The zero-order chi connectivity index (χ0) is 11.1. The van der Waals surface area contributed by atoms with Crippen molar-refractivity contribution < 1.29 is 8.42 Å². The van der Waals surface area contributed by atoms with Gasteiger partial charge in [0.15, 0.2) is 9.84 Å². The molecule has 1 aliphatic rings. The molecule has 3 nitrogen and oxygen atoms in total. The van der Waals surface area contributed by atoms with Gasteiger partial charge in [0, 0.05) is 5.54 Å². The third kappa shape index (κ3) is 2.88. The van der Waals surface area contributed by atoms with Gasteiger partial charge in [0.25, 0.3) is 0 Å². The van der Waals surface area contributed by atoms with E-state index in [4.69, 9.17) is 17.3 Å². The molecular formula is C10H13Cl2NO2S. The van der Waals surface area contributed by atoms with Crippen molar-refractivity contribution in [2.45, 2.75) is 23.3 Å². The van der Waals surface area contributed by atoms with Crippen LogP contribution in [0.4, 0.5) is 0 Å². The Morgan fingerprint density at radius 2 is 1.88 bits per heavy atom. The Bertz CT molecular complexity index is 483. The molecule has 0 unspecified atom stereocenters. The molecule has 6 heteroatoms. The SMILES string of the molecule is Cl.NC1(CS(=O)(=O)c2ccccc2Cl)CC1. The van der Waals surface area contributed by atoms with Crippen molar-refractivity contribution >= 4 is 33.8 Å². The van der Waals surface area contributed by atoms with Crippen LogP contribution in [-0.2, 0) is 9.84 Å². The summed E-state index contributed by atoms with van der Waals surface area (Å²) in [6.45, 7) is 0. The summed E-state index contributed by atoms with van der Waals surface area (Å²) in [5.41, 5.74) is 5.28. The minimum Gasteiger partial charge on any atom is -0.324 e. The van der Waals surface area contributed by atoms with Crippen molar-refractivity contribution in [2.75, 3.05) is 5.75 Å². The number of nitrogens with two attached hydrogens (primary N) is 1. The molecule has 0 aliphatic heterocycles. The molecule has 0 radical (unpaired) electrons. The molecule has 0 bridgehead atoms. The highest BCUT2D eigenvalue weighted by molar-refractivity contribution is 7.91. The Labute approximate surface area is 106 Å². The molecule has 1 saturated carbocycles. The molecule has 1 aliphatic carbocycles. The molecule has 0 aromatic heterocycles. The second-order valence-electron chi connectivity index (χ2n) is 4.05. The highest BCUT2D eigenvalue weighted by Crippen LogP contribution is 2.36. The van der Waals surface area contributed by atoms with E-state index in [9.17, 15) is 8.42 Å². The molecule has 0 saturated heterocycles. The number of halogens is 2. The minimum absolute atomic E-state index is 0. The van der Waals surface area contributed by atoms with Crippen LogP contribution in [-0.4, -0.2) is 19.7 Å². The van der Waals surface area contributed by atoms with Gasteiger partial charge >= 0.3 is 0 Å². The maximum atomic E-state index is 11.9. The maximum Gasteiger partial charge on any atom is 0.181 e. The number of hydrogen-bond donors (Lipinski definition) is 1. The zero-order valence-electron chi connectivity index (χ0n) is 8.52. The van der Waals surface area contributed by atoms with E-state index in [1.807, 2.05) is 0 Å². The maximum absolute atomic E-state index is 11.9. The molecule has 2 rings (SSSR count). The fourth-order valence-electron chi connectivity index (χ4n) is 1.46. The molecular weight excluding hydrogens is 269 g/mol. The van der Waals surface area contributed by atoms with E-state index in [0.29, 0.717) is 0 Å². The Hall–Kier alpha value is -0.290. The summed E-state index contributed by atoms with van der Waals surface area (Å²) in [6, 6.07) is 6.46. The lowest BCUT2D eigenvalue weighted by Gasteiger charge is -2.10. The first-order valence-corrected chi connectivity index (χ1v) is 6.72. The van der Waals surface area contributed by atoms with Crippen LogP contribution in [0.2, 0.25) is 5.02 Å². The van der Waals surface area contributed by atoms with Gasteiger partial charge < -0.3 is 5.73 Å². The summed E-state index contributed by atoms with van der Waals surface area (Å²) in [5, 5.41) is 0.266. The molecule has 90 valence electrons. The van der Waals surface area contributed by atoms with Gasteiger partial charge in [0.2, 0.25) is 0 Å². The predicted octanol–water partition coefficient (Wildman–Crippen LogP) is 2.03. The average molecular weight is 282 g/mol. The van der Waals surface area contributed by atoms with E-state index in [1.54, 1.807) is 18.2 Å². The normalized spacial score (nSPS) is 17.6. The standard InChI is InChI=1S/C10H12ClNO2S.ClH/c11-8-3-1-2-4-9(8)15(13,14)7-10(12)5-6-10;/h1-4H,5-7,12H2;1H.